The fraction of sp³-hybridized carbons (Fsp3) is 0.929. The Bertz CT molecular complexity index is 336. The number of aliphatic carboxylic acids is 1. The lowest BCUT2D eigenvalue weighted by atomic mass is 9.87. The molecule has 0 aromatic carbocycles. The standard InChI is InChI=1S/C14H24N2O3/c17-13(18)14(4-8-19-11-14)10-15-7-3-12(9-15)16-5-1-2-6-16/h12H,1-11H2,(H,17,18). The predicted molar refractivity (Wildman–Crippen MR) is 71.2 cm³/mol. The van der Waals surface area contributed by atoms with E-state index in [0.29, 0.717) is 32.2 Å². The van der Waals surface area contributed by atoms with Gasteiger partial charge in [-0.15, -0.1) is 0 Å². The van der Waals surface area contributed by atoms with E-state index in [0.717, 1.165) is 13.1 Å². The Hall–Kier alpha value is -0.650. The number of carboxylic acids is 1. The summed E-state index contributed by atoms with van der Waals surface area (Å²) in [5.74, 6) is -0.686. The Labute approximate surface area is 114 Å². The molecule has 3 heterocycles. The molecule has 2 atom stereocenters. The summed E-state index contributed by atoms with van der Waals surface area (Å²) in [6.45, 7) is 6.16. The molecule has 0 aromatic rings. The number of ether oxygens (including phenoxy) is 1. The topological polar surface area (TPSA) is 53.0 Å². The highest BCUT2D eigenvalue weighted by Gasteiger charge is 2.45. The average Bonchev–Trinajstić information content (AvgIpc) is 3.10. The second-order valence-corrected chi connectivity index (χ2v) is 6.31. The summed E-state index contributed by atoms with van der Waals surface area (Å²) >= 11 is 0. The molecule has 0 saturated carbocycles. The van der Waals surface area contributed by atoms with Gasteiger partial charge in [0.15, 0.2) is 0 Å². The quantitative estimate of drug-likeness (QED) is 0.811. The van der Waals surface area contributed by atoms with Gasteiger partial charge in [-0.3, -0.25) is 9.69 Å². The van der Waals surface area contributed by atoms with Crippen LogP contribution in [0.2, 0.25) is 0 Å². The van der Waals surface area contributed by atoms with Crippen molar-refractivity contribution in [2.45, 2.75) is 31.7 Å². The van der Waals surface area contributed by atoms with Gasteiger partial charge in [-0.25, -0.2) is 0 Å². The summed E-state index contributed by atoms with van der Waals surface area (Å²) in [6.07, 6.45) is 4.50. The Morgan fingerprint density at radius 1 is 1.32 bits per heavy atom. The second-order valence-electron chi connectivity index (χ2n) is 6.31. The molecule has 3 saturated heterocycles. The van der Waals surface area contributed by atoms with E-state index < -0.39 is 11.4 Å². The van der Waals surface area contributed by atoms with Gasteiger partial charge in [-0.1, -0.05) is 0 Å². The number of carbonyl (C=O) groups is 1. The second kappa shape index (κ2) is 5.38. The minimum Gasteiger partial charge on any atom is -0.481 e. The lowest BCUT2D eigenvalue weighted by Crippen LogP contribution is -2.44. The molecule has 0 aliphatic carbocycles. The van der Waals surface area contributed by atoms with Crippen molar-refractivity contribution in [3.63, 3.8) is 0 Å². The van der Waals surface area contributed by atoms with Crippen LogP contribution in [0.25, 0.3) is 0 Å². The molecule has 0 bridgehead atoms. The molecule has 5 nitrogen and oxygen atoms in total. The molecule has 0 amide bonds. The summed E-state index contributed by atoms with van der Waals surface area (Å²) in [5.41, 5.74) is -0.653. The van der Waals surface area contributed by atoms with E-state index in [1.54, 1.807) is 0 Å². The van der Waals surface area contributed by atoms with Gasteiger partial charge in [0, 0.05) is 25.7 Å². The van der Waals surface area contributed by atoms with E-state index >= 15 is 0 Å². The van der Waals surface area contributed by atoms with E-state index in [9.17, 15) is 9.90 Å². The van der Waals surface area contributed by atoms with Gasteiger partial charge in [0.2, 0.25) is 0 Å². The van der Waals surface area contributed by atoms with Crippen molar-refractivity contribution in [3.8, 4) is 0 Å². The van der Waals surface area contributed by atoms with Crippen molar-refractivity contribution < 1.29 is 14.6 Å². The molecule has 2 unspecified atom stereocenters. The first-order valence-corrected chi connectivity index (χ1v) is 7.47. The highest BCUT2D eigenvalue weighted by molar-refractivity contribution is 5.75. The normalized spacial score (nSPS) is 37.2. The molecule has 3 aliphatic rings. The predicted octanol–water partition coefficient (Wildman–Crippen LogP) is 0.648. The average molecular weight is 268 g/mol. The molecule has 3 fully saturated rings. The van der Waals surface area contributed by atoms with E-state index in [1.165, 1.54) is 32.4 Å². The third-order valence-corrected chi connectivity index (χ3v) is 4.99. The molecule has 0 radical (unpaired) electrons. The first-order chi connectivity index (χ1) is 9.20. The molecule has 0 spiro atoms. The first kappa shape index (κ1) is 13.3. The lowest BCUT2D eigenvalue weighted by molar-refractivity contribution is -0.150. The minimum atomic E-state index is -0.686. The van der Waals surface area contributed by atoms with Gasteiger partial charge in [0.25, 0.3) is 0 Å². The molecule has 5 heteroatoms. The summed E-state index contributed by atoms with van der Waals surface area (Å²) in [6, 6.07) is 0.649. The number of rotatable bonds is 4. The van der Waals surface area contributed by atoms with Crippen molar-refractivity contribution >= 4 is 5.97 Å². The Morgan fingerprint density at radius 3 is 2.74 bits per heavy atom. The van der Waals surface area contributed by atoms with E-state index in [2.05, 4.69) is 9.80 Å². The molecular formula is C14H24N2O3. The first-order valence-electron chi connectivity index (χ1n) is 7.47. The van der Waals surface area contributed by atoms with Crippen LogP contribution in [0.3, 0.4) is 0 Å². The summed E-state index contributed by atoms with van der Waals surface area (Å²) < 4.78 is 5.34. The third-order valence-electron chi connectivity index (χ3n) is 4.99. The van der Waals surface area contributed by atoms with Crippen LogP contribution in [0.4, 0.5) is 0 Å². The van der Waals surface area contributed by atoms with Crippen LogP contribution in [0.1, 0.15) is 25.7 Å². The molecular weight excluding hydrogens is 244 g/mol. The molecule has 3 rings (SSSR count). The maximum absolute atomic E-state index is 11.5. The smallest absolute Gasteiger partial charge is 0.313 e. The van der Waals surface area contributed by atoms with Gasteiger partial charge in [-0.2, -0.15) is 0 Å². The van der Waals surface area contributed by atoms with Crippen LogP contribution < -0.4 is 0 Å². The molecule has 3 aliphatic heterocycles. The Morgan fingerprint density at radius 2 is 2.11 bits per heavy atom. The van der Waals surface area contributed by atoms with Gasteiger partial charge < -0.3 is 14.7 Å². The van der Waals surface area contributed by atoms with Crippen LogP contribution in [0.15, 0.2) is 0 Å². The van der Waals surface area contributed by atoms with Gasteiger partial charge in [-0.05, 0) is 45.3 Å². The lowest BCUT2D eigenvalue weighted by Gasteiger charge is -2.29. The van der Waals surface area contributed by atoms with Gasteiger partial charge in [0.1, 0.15) is 5.41 Å². The van der Waals surface area contributed by atoms with Crippen molar-refractivity contribution in [2.24, 2.45) is 5.41 Å². The van der Waals surface area contributed by atoms with Crippen LogP contribution >= 0.6 is 0 Å². The SMILES string of the molecule is O=C(O)C1(CN2CCC(N3CCCC3)C2)CCOC1. The summed E-state index contributed by atoms with van der Waals surface area (Å²) in [7, 11) is 0. The zero-order valence-electron chi connectivity index (χ0n) is 11.5. The van der Waals surface area contributed by atoms with Crippen LogP contribution in [0.5, 0.6) is 0 Å². The highest BCUT2D eigenvalue weighted by atomic mass is 16.5. The largest absolute Gasteiger partial charge is 0.481 e. The third kappa shape index (κ3) is 2.64. The van der Waals surface area contributed by atoms with Crippen LogP contribution in [0, 0.1) is 5.41 Å². The van der Waals surface area contributed by atoms with Crippen molar-refractivity contribution in [1.82, 2.24) is 9.80 Å². The minimum absolute atomic E-state index is 0.382. The van der Waals surface area contributed by atoms with Crippen LogP contribution in [-0.4, -0.2) is 72.9 Å². The molecule has 108 valence electrons. The van der Waals surface area contributed by atoms with Gasteiger partial charge in [0.05, 0.1) is 6.61 Å². The van der Waals surface area contributed by atoms with E-state index in [-0.39, 0.29) is 0 Å². The number of hydrogen-bond donors (Lipinski definition) is 1. The van der Waals surface area contributed by atoms with Crippen molar-refractivity contribution in [3.05, 3.63) is 0 Å². The zero-order chi connectivity index (χ0) is 13.3. The fourth-order valence-corrected chi connectivity index (χ4v) is 3.76. The van der Waals surface area contributed by atoms with Crippen molar-refractivity contribution in [1.29, 1.82) is 0 Å². The Balaban J connectivity index is 1.57. The summed E-state index contributed by atoms with van der Waals surface area (Å²) in [4.78, 5) is 16.5. The van der Waals surface area contributed by atoms with E-state index in [4.69, 9.17) is 4.74 Å². The maximum Gasteiger partial charge on any atom is 0.313 e. The monoisotopic (exact) mass is 268 g/mol. The number of hydrogen-bond acceptors (Lipinski definition) is 4. The van der Waals surface area contributed by atoms with Crippen LogP contribution in [-0.2, 0) is 9.53 Å². The fourth-order valence-electron chi connectivity index (χ4n) is 3.76. The number of nitrogens with zero attached hydrogens (tertiary/aromatic N) is 2. The molecule has 1 N–H and O–H groups in total. The van der Waals surface area contributed by atoms with Crippen molar-refractivity contribution in [2.75, 3.05) is 45.9 Å². The number of carboxylic acid groups (broad SMARTS) is 1. The Kier molecular flexibility index (Phi) is 3.78. The number of likely N-dealkylation sites (tertiary alicyclic amines) is 2. The maximum atomic E-state index is 11.5. The molecule has 0 aromatic heterocycles. The summed E-state index contributed by atoms with van der Waals surface area (Å²) in [5, 5.41) is 9.48. The molecule has 19 heavy (non-hydrogen) atoms. The van der Waals surface area contributed by atoms with E-state index in [1.807, 2.05) is 0 Å². The zero-order valence-corrected chi connectivity index (χ0v) is 11.5. The van der Waals surface area contributed by atoms with Gasteiger partial charge >= 0.3 is 5.97 Å². The highest BCUT2D eigenvalue weighted by Crippen LogP contribution is 2.32.